The lowest BCUT2D eigenvalue weighted by Gasteiger charge is -2.21. The molecule has 1 aliphatic rings. The number of rotatable bonds is 8. The minimum absolute atomic E-state index is 0.0578. The average Bonchev–Trinajstić information content (AvgIpc) is 3.09. The zero-order chi connectivity index (χ0) is 25.0. The number of amides is 2. The molecule has 0 bridgehead atoms. The molecule has 0 aromatic heterocycles. The fourth-order valence-electron chi connectivity index (χ4n) is 3.53. The molecule has 2 N–H and O–H groups in total. The lowest BCUT2D eigenvalue weighted by atomic mass is 9.98. The van der Waals surface area contributed by atoms with E-state index >= 15 is 0 Å². The summed E-state index contributed by atoms with van der Waals surface area (Å²) in [5, 5.41) is 2.90. The van der Waals surface area contributed by atoms with Crippen LogP contribution in [-0.2, 0) is 21.4 Å². The lowest BCUT2D eigenvalue weighted by Crippen LogP contribution is -2.39. The van der Waals surface area contributed by atoms with Gasteiger partial charge in [-0.15, -0.1) is 0 Å². The smallest absolute Gasteiger partial charge is 0.263 e. The molecular formula is C25H32N4O4S. The first kappa shape index (κ1) is 25.4. The van der Waals surface area contributed by atoms with Gasteiger partial charge < -0.3 is 10.2 Å². The van der Waals surface area contributed by atoms with Gasteiger partial charge >= 0.3 is 0 Å². The van der Waals surface area contributed by atoms with Gasteiger partial charge in [-0.1, -0.05) is 44.5 Å². The highest BCUT2D eigenvalue weighted by Crippen LogP contribution is 2.24. The van der Waals surface area contributed by atoms with Crippen LogP contribution in [0.1, 0.15) is 55.6 Å². The summed E-state index contributed by atoms with van der Waals surface area (Å²) < 4.78 is 27.3. The minimum atomic E-state index is -3.68. The van der Waals surface area contributed by atoms with E-state index in [1.165, 1.54) is 6.07 Å². The second-order valence-corrected chi connectivity index (χ2v) is 10.5. The predicted molar refractivity (Wildman–Crippen MR) is 132 cm³/mol. The molecule has 0 fully saturated rings. The van der Waals surface area contributed by atoms with Gasteiger partial charge in [-0.2, -0.15) is 0 Å². The summed E-state index contributed by atoms with van der Waals surface area (Å²) in [5.74, 6) is -0.257. The normalized spacial score (nSPS) is 17.1. The average molecular weight is 485 g/mol. The molecule has 1 heterocycles. The largest absolute Gasteiger partial charge is 0.350 e. The molecule has 0 unspecified atom stereocenters. The van der Waals surface area contributed by atoms with Crippen LogP contribution in [0.3, 0.4) is 0 Å². The summed E-state index contributed by atoms with van der Waals surface area (Å²) in [6, 6.07) is 13.1. The molecule has 34 heavy (non-hydrogen) atoms. The molecular weight excluding hydrogens is 452 g/mol. The summed E-state index contributed by atoms with van der Waals surface area (Å²) in [7, 11) is -1.92. The van der Waals surface area contributed by atoms with Crippen LogP contribution in [0, 0.1) is 5.92 Å². The number of nitrogens with zero attached hydrogens (tertiary/aromatic N) is 2. The second-order valence-electron chi connectivity index (χ2n) is 8.83. The Bertz CT molecular complexity index is 1190. The standard InChI is InChI=1S/C25H32N4O4S/c1-6-17(4)22(27-23-20-9-7-8-10-21(20)34(32,33)28-23)24(30)26-15-18-11-13-19(14-12-18)25(31)29(5)16(2)3/h7-14,16-17,22H,6,15H2,1-5H3,(H,26,30)(H,27,28)/t17-,22-/m0/s1. The Morgan fingerprint density at radius 3 is 2.32 bits per heavy atom. The van der Waals surface area contributed by atoms with E-state index in [0.29, 0.717) is 17.5 Å². The van der Waals surface area contributed by atoms with E-state index in [-0.39, 0.29) is 41.0 Å². The van der Waals surface area contributed by atoms with Crippen molar-refractivity contribution >= 4 is 27.7 Å². The Hall–Kier alpha value is -3.20. The maximum absolute atomic E-state index is 13.1. The van der Waals surface area contributed by atoms with Gasteiger partial charge in [0, 0.05) is 30.8 Å². The van der Waals surface area contributed by atoms with Gasteiger partial charge in [0.2, 0.25) is 5.91 Å². The highest BCUT2D eigenvalue weighted by Gasteiger charge is 2.33. The summed E-state index contributed by atoms with van der Waals surface area (Å²) >= 11 is 0. The molecule has 2 aromatic carbocycles. The third kappa shape index (κ3) is 5.47. The van der Waals surface area contributed by atoms with Gasteiger partial charge in [0.1, 0.15) is 11.9 Å². The molecule has 2 atom stereocenters. The van der Waals surface area contributed by atoms with Crippen molar-refractivity contribution in [3.05, 3.63) is 65.2 Å². The van der Waals surface area contributed by atoms with E-state index in [4.69, 9.17) is 0 Å². The van der Waals surface area contributed by atoms with E-state index < -0.39 is 16.1 Å². The van der Waals surface area contributed by atoms with Crippen LogP contribution in [0.4, 0.5) is 0 Å². The topological polar surface area (TPSA) is 108 Å². The number of carbonyl (C=O) groups is 2. The van der Waals surface area contributed by atoms with Gasteiger partial charge in [0.25, 0.3) is 15.9 Å². The maximum Gasteiger partial charge on any atom is 0.263 e. The molecule has 0 saturated carbocycles. The SMILES string of the molecule is CC[C@H](C)[C@H](N=C1NS(=O)(=O)c2ccccc21)C(=O)NCc1ccc(C(=O)N(C)C(C)C)cc1. The Balaban J connectivity index is 1.74. The molecule has 9 heteroatoms. The van der Waals surface area contributed by atoms with Gasteiger partial charge in [-0.05, 0) is 49.6 Å². The number of fused-ring (bicyclic) bond motifs is 1. The van der Waals surface area contributed by atoms with Crippen molar-refractivity contribution < 1.29 is 18.0 Å². The number of benzene rings is 2. The molecule has 0 radical (unpaired) electrons. The molecule has 3 rings (SSSR count). The van der Waals surface area contributed by atoms with Crippen LogP contribution in [0.15, 0.2) is 58.4 Å². The Kier molecular flexibility index (Phi) is 7.76. The molecule has 2 amide bonds. The van der Waals surface area contributed by atoms with Crippen molar-refractivity contribution in [2.24, 2.45) is 10.9 Å². The maximum atomic E-state index is 13.1. The van der Waals surface area contributed by atoms with E-state index in [9.17, 15) is 18.0 Å². The summed E-state index contributed by atoms with van der Waals surface area (Å²) in [4.78, 5) is 31.9. The molecule has 0 spiro atoms. The quantitative estimate of drug-likeness (QED) is 0.601. The summed E-state index contributed by atoms with van der Waals surface area (Å²) in [5.41, 5.74) is 1.90. The molecule has 0 saturated heterocycles. The van der Waals surface area contributed by atoms with Crippen molar-refractivity contribution in [3.8, 4) is 0 Å². The zero-order valence-electron chi connectivity index (χ0n) is 20.2. The number of amidine groups is 1. The monoisotopic (exact) mass is 484 g/mol. The Morgan fingerprint density at radius 1 is 1.06 bits per heavy atom. The van der Waals surface area contributed by atoms with Crippen molar-refractivity contribution in [1.82, 2.24) is 14.9 Å². The number of hydrogen-bond donors (Lipinski definition) is 2. The van der Waals surface area contributed by atoms with E-state index in [1.807, 2.05) is 39.8 Å². The lowest BCUT2D eigenvalue weighted by molar-refractivity contribution is -0.123. The fraction of sp³-hybridized carbons (Fsp3) is 0.400. The molecule has 0 aliphatic carbocycles. The zero-order valence-corrected chi connectivity index (χ0v) is 21.0. The van der Waals surface area contributed by atoms with E-state index in [1.54, 1.807) is 42.3 Å². The molecule has 2 aromatic rings. The summed E-state index contributed by atoms with van der Waals surface area (Å²) in [6.07, 6.45) is 0.698. The molecule has 8 nitrogen and oxygen atoms in total. The Morgan fingerprint density at radius 2 is 1.71 bits per heavy atom. The second kappa shape index (κ2) is 10.4. The third-order valence-corrected chi connectivity index (χ3v) is 7.54. The van der Waals surface area contributed by atoms with Crippen LogP contribution >= 0.6 is 0 Å². The van der Waals surface area contributed by atoms with Gasteiger partial charge in [-0.25, -0.2) is 8.42 Å². The number of nitrogens with one attached hydrogen (secondary N) is 2. The fourth-order valence-corrected chi connectivity index (χ4v) is 4.77. The number of hydrogen-bond acceptors (Lipinski definition) is 5. The Labute approximate surface area is 201 Å². The number of sulfonamides is 1. The van der Waals surface area contributed by atoms with Gasteiger partial charge in [0.15, 0.2) is 0 Å². The number of carbonyl (C=O) groups excluding carboxylic acids is 2. The molecule has 1 aliphatic heterocycles. The van der Waals surface area contributed by atoms with Crippen molar-refractivity contribution in [2.75, 3.05) is 7.05 Å². The van der Waals surface area contributed by atoms with Crippen LogP contribution in [0.25, 0.3) is 0 Å². The summed E-state index contributed by atoms with van der Waals surface area (Å²) in [6.45, 7) is 8.05. The van der Waals surface area contributed by atoms with Crippen LogP contribution < -0.4 is 10.0 Å². The third-order valence-electron chi connectivity index (χ3n) is 6.15. The first-order valence-electron chi connectivity index (χ1n) is 11.4. The van der Waals surface area contributed by atoms with Gasteiger partial charge in [0.05, 0.1) is 4.90 Å². The van der Waals surface area contributed by atoms with Crippen molar-refractivity contribution in [3.63, 3.8) is 0 Å². The first-order chi connectivity index (χ1) is 16.0. The minimum Gasteiger partial charge on any atom is -0.350 e. The first-order valence-corrected chi connectivity index (χ1v) is 12.9. The van der Waals surface area contributed by atoms with Crippen molar-refractivity contribution in [1.29, 1.82) is 0 Å². The van der Waals surface area contributed by atoms with Crippen LogP contribution in [-0.4, -0.2) is 50.1 Å². The highest BCUT2D eigenvalue weighted by atomic mass is 32.2. The van der Waals surface area contributed by atoms with E-state index in [0.717, 1.165) is 5.56 Å². The van der Waals surface area contributed by atoms with Crippen molar-refractivity contribution in [2.45, 2.75) is 57.6 Å². The number of aliphatic imine (C=N–C) groups is 1. The van der Waals surface area contributed by atoms with Crippen LogP contribution in [0.2, 0.25) is 0 Å². The van der Waals surface area contributed by atoms with E-state index in [2.05, 4.69) is 15.0 Å². The van der Waals surface area contributed by atoms with Gasteiger partial charge in [-0.3, -0.25) is 19.3 Å². The van der Waals surface area contributed by atoms with Crippen LogP contribution in [0.5, 0.6) is 0 Å². The highest BCUT2D eigenvalue weighted by molar-refractivity contribution is 7.90. The molecule has 182 valence electrons. The predicted octanol–water partition coefficient (Wildman–Crippen LogP) is 2.94.